The summed E-state index contributed by atoms with van der Waals surface area (Å²) in [6.07, 6.45) is 3.51. The van der Waals surface area contributed by atoms with Crippen molar-refractivity contribution in [3.8, 4) is 0 Å². The third kappa shape index (κ3) is 2.68. The standard InChI is InChI=1S/C13H20O4/c1-4-10-7-8-13(9-10,11(14)16-5-2)12(15)17-6-3/h4,10H,1,5-9H2,2-3H3. The lowest BCUT2D eigenvalue weighted by Crippen LogP contribution is -2.40. The van der Waals surface area contributed by atoms with Gasteiger partial charge in [0.1, 0.15) is 0 Å². The van der Waals surface area contributed by atoms with Crippen molar-refractivity contribution in [2.24, 2.45) is 11.3 Å². The first kappa shape index (κ1) is 13.7. The first-order valence-electron chi connectivity index (χ1n) is 6.07. The molecule has 0 saturated heterocycles. The molecule has 1 fully saturated rings. The predicted molar refractivity (Wildman–Crippen MR) is 63.2 cm³/mol. The molecule has 0 radical (unpaired) electrons. The quantitative estimate of drug-likeness (QED) is 0.419. The highest BCUT2D eigenvalue weighted by Gasteiger charge is 2.53. The molecular weight excluding hydrogens is 220 g/mol. The second kappa shape index (κ2) is 5.84. The normalized spacial score (nSPS) is 21.9. The van der Waals surface area contributed by atoms with Gasteiger partial charge in [0, 0.05) is 0 Å². The summed E-state index contributed by atoms with van der Waals surface area (Å²) in [5.41, 5.74) is -1.11. The Hall–Kier alpha value is -1.32. The molecule has 0 aromatic rings. The first-order valence-corrected chi connectivity index (χ1v) is 6.07. The molecule has 0 heterocycles. The molecule has 1 aliphatic rings. The van der Waals surface area contributed by atoms with E-state index in [1.54, 1.807) is 19.9 Å². The third-order valence-corrected chi connectivity index (χ3v) is 3.22. The smallest absolute Gasteiger partial charge is 0.323 e. The fraction of sp³-hybridized carbons (Fsp3) is 0.692. The maximum Gasteiger partial charge on any atom is 0.323 e. The molecule has 1 atom stereocenters. The van der Waals surface area contributed by atoms with Gasteiger partial charge in [-0.1, -0.05) is 6.08 Å². The van der Waals surface area contributed by atoms with E-state index in [-0.39, 0.29) is 19.1 Å². The summed E-state index contributed by atoms with van der Waals surface area (Å²) >= 11 is 0. The van der Waals surface area contributed by atoms with Gasteiger partial charge >= 0.3 is 11.9 Å². The van der Waals surface area contributed by atoms with Crippen molar-refractivity contribution in [3.63, 3.8) is 0 Å². The molecule has 17 heavy (non-hydrogen) atoms. The van der Waals surface area contributed by atoms with Crippen LogP contribution < -0.4 is 0 Å². The minimum atomic E-state index is -1.11. The second-order valence-electron chi connectivity index (χ2n) is 4.26. The number of rotatable bonds is 5. The number of allylic oxidation sites excluding steroid dienone is 1. The lowest BCUT2D eigenvalue weighted by atomic mass is 9.85. The van der Waals surface area contributed by atoms with E-state index in [0.29, 0.717) is 12.8 Å². The van der Waals surface area contributed by atoms with Crippen molar-refractivity contribution < 1.29 is 19.1 Å². The summed E-state index contributed by atoms with van der Waals surface area (Å²) in [5.74, 6) is -0.727. The van der Waals surface area contributed by atoms with Crippen LogP contribution in [-0.4, -0.2) is 25.2 Å². The SMILES string of the molecule is C=CC1CCC(C(=O)OCC)(C(=O)OCC)C1. The molecule has 0 bridgehead atoms. The Morgan fingerprint density at radius 1 is 1.29 bits per heavy atom. The van der Waals surface area contributed by atoms with Gasteiger partial charge in [-0.05, 0) is 39.0 Å². The van der Waals surface area contributed by atoms with Crippen molar-refractivity contribution in [1.29, 1.82) is 0 Å². The van der Waals surface area contributed by atoms with Crippen LogP contribution in [0.1, 0.15) is 33.1 Å². The summed E-state index contributed by atoms with van der Waals surface area (Å²) in [5, 5.41) is 0. The fourth-order valence-corrected chi connectivity index (χ4v) is 2.28. The Bertz CT molecular complexity index is 291. The molecule has 0 spiro atoms. The van der Waals surface area contributed by atoms with E-state index in [2.05, 4.69) is 6.58 Å². The van der Waals surface area contributed by atoms with Crippen LogP contribution in [-0.2, 0) is 19.1 Å². The Balaban J connectivity index is 2.89. The van der Waals surface area contributed by atoms with Crippen LogP contribution in [0.2, 0.25) is 0 Å². The number of hydrogen-bond acceptors (Lipinski definition) is 4. The largest absolute Gasteiger partial charge is 0.465 e. The molecule has 4 heteroatoms. The van der Waals surface area contributed by atoms with Gasteiger partial charge in [0.05, 0.1) is 13.2 Å². The van der Waals surface area contributed by atoms with Crippen molar-refractivity contribution in [2.75, 3.05) is 13.2 Å². The highest BCUT2D eigenvalue weighted by Crippen LogP contribution is 2.44. The summed E-state index contributed by atoms with van der Waals surface area (Å²) in [6.45, 7) is 7.73. The van der Waals surface area contributed by atoms with Gasteiger partial charge in [-0.3, -0.25) is 9.59 Å². The van der Waals surface area contributed by atoms with Crippen LogP contribution in [0, 0.1) is 11.3 Å². The van der Waals surface area contributed by atoms with Gasteiger partial charge in [-0.2, -0.15) is 0 Å². The Morgan fingerprint density at radius 2 is 1.82 bits per heavy atom. The van der Waals surface area contributed by atoms with E-state index in [4.69, 9.17) is 9.47 Å². The topological polar surface area (TPSA) is 52.6 Å². The molecule has 0 amide bonds. The Labute approximate surface area is 102 Å². The monoisotopic (exact) mass is 240 g/mol. The highest BCUT2D eigenvalue weighted by molar-refractivity contribution is 6.00. The number of carbonyl (C=O) groups is 2. The highest BCUT2D eigenvalue weighted by atomic mass is 16.6. The Kier molecular flexibility index (Phi) is 4.73. The maximum atomic E-state index is 12.0. The van der Waals surface area contributed by atoms with E-state index < -0.39 is 17.4 Å². The third-order valence-electron chi connectivity index (χ3n) is 3.22. The average Bonchev–Trinajstić information content (AvgIpc) is 2.75. The fourth-order valence-electron chi connectivity index (χ4n) is 2.28. The van der Waals surface area contributed by atoms with Crippen LogP contribution >= 0.6 is 0 Å². The lowest BCUT2D eigenvalue weighted by Gasteiger charge is -2.24. The van der Waals surface area contributed by atoms with Crippen molar-refractivity contribution in [3.05, 3.63) is 12.7 Å². The Morgan fingerprint density at radius 3 is 2.18 bits per heavy atom. The van der Waals surface area contributed by atoms with E-state index >= 15 is 0 Å². The van der Waals surface area contributed by atoms with Crippen LogP contribution in [0.15, 0.2) is 12.7 Å². The number of hydrogen-bond donors (Lipinski definition) is 0. The van der Waals surface area contributed by atoms with E-state index in [0.717, 1.165) is 6.42 Å². The molecule has 0 aliphatic heterocycles. The van der Waals surface area contributed by atoms with Gasteiger partial charge in [-0.25, -0.2) is 0 Å². The average molecular weight is 240 g/mol. The van der Waals surface area contributed by atoms with Gasteiger partial charge < -0.3 is 9.47 Å². The van der Waals surface area contributed by atoms with Gasteiger partial charge in [-0.15, -0.1) is 6.58 Å². The number of esters is 2. The van der Waals surface area contributed by atoms with Crippen LogP contribution in [0.4, 0.5) is 0 Å². The molecule has 1 rings (SSSR count). The molecular formula is C13H20O4. The zero-order valence-corrected chi connectivity index (χ0v) is 10.5. The zero-order chi connectivity index (χ0) is 12.9. The van der Waals surface area contributed by atoms with Crippen molar-refractivity contribution >= 4 is 11.9 Å². The molecule has 0 aromatic carbocycles. The van der Waals surface area contributed by atoms with E-state index in [1.165, 1.54) is 0 Å². The molecule has 0 N–H and O–H groups in total. The summed E-state index contributed by atoms with van der Waals surface area (Å²) in [6, 6.07) is 0. The maximum absolute atomic E-state index is 12.0. The molecule has 0 aromatic heterocycles. The molecule has 1 unspecified atom stereocenters. The lowest BCUT2D eigenvalue weighted by molar-refractivity contribution is -0.171. The summed E-state index contributed by atoms with van der Waals surface area (Å²) in [7, 11) is 0. The summed E-state index contributed by atoms with van der Waals surface area (Å²) < 4.78 is 10.0. The minimum Gasteiger partial charge on any atom is -0.465 e. The van der Waals surface area contributed by atoms with Crippen LogP contribution in [0.25, 0.3) is 0 Å². The summed E-state index contributed by atoms with van der Waals surface area (Å²) in [4.78, 5) is 24.0. The van der Waals surface area contributed by atoms with Gasteiger partial charge in [0.25, 0.3) is 0 Å². The predicted octanol–water partition coefficient (Wildman–Crippen LogP) is 2.09. The molecule has 4 nitrogen and oxygen atoms in total. The van der Waals surface area contributed by atoms with Crippen molar-refractivity contribution in [2.45, 2.75) is 33.1 Å². The van der Waals surface area contributed by atoms with E-state index in [1.807, 2.05) is 0 Å². The van der Waals surface area contributed by atoms with Crippen molar-refractivity contribution in [1.82, 2.24) is 0 Å². The van der Waals surface area contributed by atoms with E-state index in [9.17, 15) is 9.59 Å². The number of ether oxygens (including phenoxy) is 2. The van der Waals surface area contributed by atoms with Gasteiger partial charge in [0.15, 0.2) is 5.41 Å². The number of carbonyl (C=O) groups excluding carboxylic acids is 2. The first-order chi connectivity index (χ1) is 8.10. The van der Waals surface area contributed by atoms with Crippen LogP contribution in [0.3, 0.4) is 0 Å². The minimum absolute atomic E-state index is 0.184. The van der Waals surface area contributed by atoms with Gasteiger partial charge in [0.2, 0.25) is 0 Å². The second-order valence-corrected chi connectivity index (χ2v) is 4.26. The van der Waals surface area contributed by atoms with Crippen LogP contribution in [0.5, 0.6) is 0 Å². The molecule has 1 saturated carbocycles. The molecule has 1 aliphatic carbocycles. The molecule has 96 valence electrons. The zero-order valence-electron chi connectivity index (χ0n) is 10.5.